The Hall–Kier alpha value is -2.42. The van der Waals surface area contributed by atoms with Gasteiger partial charge in [0.25, 0.3) is 0 Å². The van der Waals surface area contributed by atoms with E-state index in [1.165, 1.54) is 0 Å². The van der Waals surface area contributed by atoms with Gasteiger partial charge in [0, 0.05) is 24.5 Å². The van der Waals surface area contributed by atoms with Crippen LogP contribution in [0.2, 0.25) is 0 Å². The monoisotopic (exact) mass is 416 g/mol. The number of aryl methyl sites for hydroxylation is 1. The number of pyridine rings is 1. The fourth-order valence-corrected chi connectivity index (χ4v) is 3.40. The van der Waals surface area contributed by atoms with Gasteiger partial charge in [0.15, 0.2) is 17.3 Å². The Morgan fingerprint density at radius 3 is 2.86 bits per heavy atom. The van der Waals surface area contributed by atoms with Crippen LogP contribution in [-0.2, 0) is 16.6 Å². The van der Waals surface area contributed by atoms with Crippen molar-refractivity contribution in [3.63, 3.8) is 0 Å². The third-order valence-corrected chi connectivity index (χ3v) is 5.17. The standard InChI is InChI=1S/C20H28N6O2S/c1-20(2,3)19-22-17(28-25-19)10-7-9-16(27)21-14(11-13-29-4)18-24-23-15-8-5-6-12-26(15)18/h5-6,8,12,14H,7,9-11,13H2,1-4H3,(H,21,27). The second kappa shape index (κ2) is 9.39. The molecular weight excluding hydrogens is 388 g/mol. The number of thioether (sulfide) groups is 1. The number of fused-ring (bicyclic) bond motifs is 1. The van der Waals surface area contributed by atoms with Crippen LogP contribution in [0.15, 0.2) is 28.9 Å². The minimum atomic E-state index is -0.178. The number of aromatic nitrogens is 5. The second-order valence-electron chi connectivity index (χ2n) is 8.00. The highest BCUT2D eigenvalue weighted by atomic mass is 32.2. The van der Waals surface area contributed by atoms with Crippen LogP contribution in [0.25, 0.3) is 5.65 Å². The van der Waals surface area contributed by atoms with E-state index in [2.05, 4.69) is 31.9 Å². The van der Waals surface area contributed by atoms with Gasteiger partial charge in [0.2, 0.25) is 11.8 Å². The summed E-state index contributed by atoms with van der Waals surface area (Å²) >= 11 is 1.74. The molecule has 1 unspecified atom stereocenters. The Labute approximate surface area is 174 Å². The van der Waals surface area contributed by atoms with Gasteiger partial charge in [-0.3, -0.25) is 9.20 Å². The summed E-state index contributed by atoms with van der Waals surface area (Å²) in [4.78, 5) is 17.0. The Kier molecular flexibility index (Phi) is 6.89. The SMILES string of the molecule is CSCCC(NC(=O)CCCc1nc(C(C)(C)C)no1)c1nnc2ccccn12. The van der Waals surface area contributed by atoms with Gasteiger partial charge < -0.3 is 9.84 Å². The van der Waals surface area contributed by atoms with E-state index in [4.69, 9.17) is 4.52 Å². The predicted octanol–water partition coefficient (Wildman–Crippen LogP) is 3.34. The molecule has 0 spiro atoms. The van der Waals surface area contributed by atoms with Crippen LogP contribution < -0.4 is 5.32 Å². The van der Waals surface area contributed by atoms with Crippen LogP contribution in [0, 0.1) is 0 Å². The van der Waals surface area contributed by atoms with Crippen LogP contribution in [0.1, 0.15) is 63.6 Å². The molecule has 0 saturated carbocycles. The van der Waals surface area contributed by atoms with Gasteiger partial charge in [0.05, 0.1) is 6.04 Å². The number of carbonyl (C=O) groups excluding carboxylic acids is 1. The van der Waals surface area contributed by atoms with E-state index in [0.29, 0.717) is 31.0 Å². The molecule has 3 aromatic rings. The van der Waals surface area contributed by atoms with Gasteiger partial charge in [-0.25, -0.2) is 0 Å². The maximum Gasteiger partial charge on any atom is 0.226 e. The first-order valence-corrected chi connectivity index (χ1v) is 11.2. The van der Waals surface area contributed by atoms with Crippen molar-refractivity contribution in [2.75, 3.05) is 12.0 Å². The topological polar surface area (TPSA) is 98.2 Å². The maximum atomic E-state index is 12.6. The summed E-state index contributed by atoms with van der Waals surface area (Å²) in [7, 11) is 0. The normalized spacial score (nSPS) is 13.0. The quantitative estimate of drug-likeness (QED) is 0.571. The van der Waals surface area contributed by atoms with Crippen LogP contribution in [-0.4, -0.2) is 42.7 Å². The highest BCUT2D eigenvalue weighted by Gasteiger charge is 2.22. The highest BCUT2D eigenvalue weighted by molar-refractivity contribution is 7.98. The average molecular weight is 417 g/mol. The van der Waals surface area contributed by atoms with Gasteiger partial charge in [-0.2, -0.15) is 16.7 Å². The second-order valence-corrected chi connectivity index (χ2v) is 8.99. The van der Waals surface area contributed by atoms with E-state index in [-0.39, 0.29) is 17.4 Å². The summed E-state index contributed by atoms with van der Waals surface area (Å²) in [6, 6.07) is 5.58. The summed E-state index contributed by atoms with van der Waals surface area (Å²) in [6.45, 7) is 6.12. The molecule has 8 nitrogen and oxygen atoms in total. The van der Waals surface area contributed by atoms with Gasteiger partial charge in [-0.05, 0) is 37.0 Å². The van der Waals surface area contributed by atoms with Crippen molar-refractivity contribution >= 4 is 23.3 Å². The third kappa shape index (κ3) is 5.56. The van der Waals surface area contributed by atoms with E-state index in [9.17, 15) is 4.79 Å². The number of hydrogen-bond donors (Lipinski definition) is 1. The molecule has 9 heteroatoms. The Morgan fingerprint density at radius 2 is 2.14 bits per heavy atom. The lowest BCUT2D eigenvalue weighted by atomic mass is 9.96. The molecule has 0 aliphatic heterocycles. The smallest absolute Gasteiger partial charge is 0.226 e. The van der Waals surface area contributed by atoms with Crippen molar-refractivity contribution in [3.8, 4) is 0 Å². The summed E-state index contributed by atoms with van der Waals surface area (Å²) < 4.78 is 7.23. The van der Waals surface area contributed by atoms with Crippen molar-refractivity contribution in [1.82, 2.24) is 30.1 Å². The fraction of sp³-hybridized carbons (Fsp3) is 0.550. The predicted molar refractivity (Wildman–Crippen MR) is 113 cm³/mol. The first kappa shape index (κ1) is 21.3. The summed E-state index contributed by atoms with van der Waals surface area (Å²) in [5.41, 5.74) is 0.627. The maximum absolute atomic E-state index is 12.6. The van der Waals surface area contributed by atoms with Gasteiger partial charge in [-0.15, -0.1) is 10.2 Å². The minimum Gasteiger partial charge on any atom is -0.346 e. The molecule has 1 N–H and O–H groups in total. The molecule has 0 saturated heterocycles. The number of rotatable bonds is 9. The molecule has 1 amide bonds. The number of hydrogen-bond acceptors (Lipinski definition) is 7. The molecule has 0 aliphatic rings. The van der Waals surface area contributed by atoms with Gasteiger partial charge in [-0.1, -0.05) is 32.0 Å². The number of nitrogens with zero attached hydrogens (tertiary/aromatic N) is 5. The molecule has 0 aromatic carbocycles. The molecular formula is C20H28N6O2S. The van der Waals surface area contributed by atoms with Crippen LogP contribution in [0.5, 0.6) is 0 Å². The zero-order chi connectivity index (χ0) is 20.9. The lowest BCUT2D eigenvalue weighted by Crippen LogP contribution is -2.30. The van der Waals surface area contributed by atoms with Crippen molar-refractivity contribution < 1.29 is 9.32 Å². The van der Waals surface area contributed by atoms with Crippen molar-refractivity contribution in [2.24, 2.45) is 0 Å². The van der Waals surface area contributed by atoms with Crippen LogP contribution in [0.3, 0.4) is 0 Å². The number of carbonyl (C=O) groups is 1. The summed E-state index contributed by atoms with van der Waals surface area (Å²) in [5.74, 6) is 2.93. The summed E-state index contributed by atoms with van der Waals surface area (Å²) in [6.07, 6.45) is 6.39. The van der Waals surface area contributed by atoms with Crippen molar-refractivity contribution in [3.05, 3.63) is 41.9 Å². The molecule has 0 radical (unpaired) electrons. The Morgan fingerprint density at radius 1 is 1.31 bits per heavy atom. The molecule has 3 heterocycles. The number of amides is 1. The third-order valence-electron chi connectivity index (χ3n) is 4.53. The Bertz CT molecular complexity index is 946. The highest BCUT2D eigenvalue weighted by Crippen LogP contribution is 2.20. The van der Waals surface area contributed by atoms with Gasteiger partial charge in [0.1, 0.15) is 0 Å². The molecule has 29 heavy (non-hydrogen) atoms. The van der Waals surface area contributed by atoms with Crippen LogP contribution >= 0.6 is 11.8 Å². The Balaban J connectivity index is 1.58. The van der Waals surface area contributed by atoms with E-state index >= 15 is 0 Å². The lowest BCUT2D eigenvalue weighted by molar-refractivity contribution is -0.122. The molecule has 3 rings (SSSR count). The molecule has 0 bridgehead atoms. The zero-order valence-electron chi connectivity index (χ0n) is 17.4. The zero-order valence-corrected chi connectivity index (χ0v) is 18.2. The lowest BCUT2D eigenvalue weighted by Gasteiger charge is -2.17. The molecule has 1 atom stereocenters. The first-order valence-electron chi connectivity index (χ1n) is 9.79. The minimum absolute atomic E-state index is 0.0145. The molecule has 156 valence electrons. The summed E-state index contributed by atoms with van der Waals surface area (Å²) in [5, 5.41) is 15.7. The molecule has 3 aromatic heterocycles. The molecule has 0 fully saturated rings. The number of nitrogens with one attached hydrogen (secondary N) is 1. The van der Waals surface area contributed by atoms with Crippen molar-refractivity contribution in [2.45, 2.75) is 57.9 Å². The first-order chi connectivity index (χ1) is 13.9. The van der Waals surface area contributed by atoms with E-state index < -0.39 is 0 Å². The largest absolute Gasteiger partial charge is 0.346 e. The van der Waals surface area contributed by atoms with Gasteiger partial charge >= 0.3 is 0 Å². The molecule has 0 aliphatic carbocycles. The fourth-order valence-electron chi connectivity index (χ4n) is 2.93. The van der Waals surface area contributed by atoms with E-state index in [1.807, 2.05) is 49.6 Å². The van der Waals surface area contributed by atoms with E-state index in [0.717, 1.165) is 23.6 Å². The average Bonchev–Trinajstić information content (AvgIpc) is 3.32. The van der Waals surface area contributed by atoms with Crippen LogP contribution in [0.4, 0.5) is 0 Å². The van der Waals surface area contributed by atoms with E-state index in [1.54, 1.807) is 11.8 Å². The van der Waals surface area contributed by atoms with Crippen molar-refractivity contribution in [1.29, 1.82) is 0 Å².